The Bertz CT molecular complexity index is 1210. The van der Waals surface area contributed by atoms with Crippen molar-refractivity contribution in [3.63, 3.8) is 0 Å². The monoisotopic (exact) mass is 476 g/mol. The number of aryl methyl sites for hydroxylation is 2. The van der Waals surface area contributed by atoms with Crippen LogP contribution in [0.4, 0.5) is 5.00 Å². The molecular weight excluding hydrogens is 452 g/mol. The molecule has 0 fully saturated rings. The van der Waals surface area contributed by atoms with Gasteiger partial charge in [0.1, 0.15) is 15.9 Å². The number of carbonyl (C=O) groups is 2. The fraction of sp³-hybridized carbons (Fsp3) is 0.346. The number of nitrogens with one attached hydrogen (secondary N) is 1. The molecule has 2 aliphatic carbocycles. The number of anilines is 1. The van der Waals surface area contributed by atoms with Crippen LogP contribution < -0.4 is 5.32 Å². The summed E-state index contributed by atoms with van der Waals surface area (Å²) in [5.74, 6) is -0.453. The summed E-state index contributed by atoms with van der Waals surface area (Å²) in [6, 6.07) is 14.6. The normalized spacial score (nSPS) is 16.9. The van der Waals surface area contributed by atoms with Crippen molar-refractivity contribution in [2.45, 2.75) is 50.9 Å². The van der Waals surface area contributed by atoms with Crippen LogP contribution in [-0.2, 0) is 35.2 Å². The van der Waals surface area contributed by atoms with Gasteiger partial charge in [-0.05, 0) is 73.6 Å². The van der Waals surface area contributed by atoms with Gasteiger partial charge in [0.2, 0.25) is 0 Å². The third-order valence-corrected chi connectivity index (χ3v) is 8.82. The zero-order valence-electron chi connectivity index (χ0n) is 18.2. The van der Waals surface area contributed by atoms with Crippen molar-refractivity contribution in [2.75, 3.05) is 11.9 Å². The quantitative estimate of drug-likeness (QED) is 0.484. The van der Waals surface area contributed by atoms with Gasteiger partial charge in [0, 0.05) is 9.75 Å². The number of carbonyl (C=O) groups excluding carboxylic acids is 2. The van der Waals surface area contributed by atoms with Crippen molar-refractivity contribution in [1.82, 2.24) is 0 Å². The van der Waals surface area contributed by atoms with E-state index in [2.05, 4.69) is 35.7 Å². The van der Waals surface area contributed by atoms with Gasteiger partial charge in [-0.3, -0.25) is 4.79 Å². The maximum Gasteiger partial charge on any atom is 0.348 e. The van der Waals surface area contributed by atoms with E-state index in [4.69, 9.17) is 4.74 Å². The summed E-state index contributed by atoms with van der Waals surface area (Å²) in [6.07, 6.45) is 7.00. The number of thiophene rings is 2. The van der Waals surface area contributed by atoms with Crippen molar-refractivity contribution in [3.8, 4) is 6.07 Å². The van der Waals surface area contributed by atoms with E-state index in [1.54, 1.807) is 0 Å². The smallest absolute Gasteiger partial charge is 0.348 e. The van der Waals surface area contributed by atoms with E-state index < -0.39 is 11.9 Å². The fourth-order valence-electron chi connectivity index (χ4n) is 4.76. The highest BCUT2D eigenvalue weighted by atomic mass is 32.1. The summed E-state index contributed by atoms with van der Waals surface area (Å²) in [5, 5.41) is 13.1. The second kappa shape index (κ2) is 9.50. The van der Waals surface area contributed by atoms with Crippen molar-refractivity contribution in [1.29, 1.82) is 5.26 Å². The van der Waals surface area contributed by atoms with Gasteiger partial charge in [-0.25, -0.2) is 4.79 Å². The van der Waals surface area contributed by atoms with Crippen LogP contribution in [0.15, 0.2) is 36.4 Å². The van der Waals surface area contributed by atoms with Gasteiger partial charge >= 0.3 is 5.97 Å². The van der Waals surface area contributed by atoms with Crippen molar-refractivity contribution in [2.24, 2.45) is 0 Å². The molecule has 3 aromatic rings. The zero-order chi connectivity index (χ0) is 22.8. The van der Waals surface area contributed by atoms with Gasteiger partial charge in [-0.15, -0.1) is 22.7 Å². The number of hydrogen-bond donors (Lipinski definition) is 1. The van der Waals surface area contributed by atoms with E-state index in [0.717, 1.165) is 55.4 Å². The molecule has 7 heteroatoms. The van der Waals surface area contributed by atoms with Crippen LogP contribution in [0, 0.1) is 11.3 Å². The first-order valence-corrected chi connectivity index (χ1v) is 12.9. The molecule has 0 aliphatic heterocycles. The summed E-state index contributed by atoms with van der Waals surface area (Å²) in [7, 11) is 0. The number of rotatable bonds is 5. The molecule has 1 unspecified atom stereocenters. The first-order chi connectivity index (χ1) is 16.1. The molecule has 2 aromatic heterocycles. The minimum Gasteiger partial charge on any atom is -0.451 e. The molecule has 1 amide bonds. The first-order valence-electron chi connectivity index (χ1n) is 11.3. The topological polar surface area (TPSA) is 79.2 Å². The number of benzene rings is 1. The lowest BCUT2D eigenvalue weighted by Gasteiger charge is -2.22. The summed E-state index contributed by atoms with van der Waals surface area (Å²) in [4.78, 5) is 27.9. The predicted molar refractivity (Wildman–Crippen MR) is 130 cm³/mol. The summed E-state index contributed by atoms with van der Waals surface area (Å²) in [6.45, 7) is -0.360. The average molecular weight is 477 g/mol. The predicted octanol–water partition coefficient (Wildman–Crippen LogP) is 5.63. The van der Waals surface area contributed by atoms with Gasteiger partial charge in [0.05, 0.1) is 5.56 Å². The van der Waals surface area contributed by atoms with Gasteiger partial charge in [0.15, 0.2) is 6.61 Å². The lowest BCUT2D eigenvalue weighted by molar-refractivity contribution is -0.119. The molecule has 0 spiro atoms. The lowest BCUT2D eigenvalue weighted by atomic mass is 9.83. The number of nitriles is 1. The fourth-order valence-corrected chi connectivity index (χ4v) is 7.20. The molecule has 0 saturated heterocycles. The Morgan fingerprint density at radius 3 is 2.70 bits per heavy atom. The molecule has 0 bridgehead atoms. The van der Waals surface area contributed by atoms with Crippen LogP contribution in [0.5, 0.6) is 0 Å². The summed E-state index contributed by atoms with van der Waals surface area (Å²) >= 11 is 2.94. The van der Waals surface area contributed by atoms with Crippen molar-refractivity contribution >= 4 is 39.6 Å². The molecule has 33 heavy (non-hydrogen) atoms. The van der Waals surface area contributed by atoms with Crippen LogP contribution in [0.25, 0.3) is 0 Å². The van der Waals surface area contributed by atoms with Crippen LogP contribution in [0.1, 0.15) is 66.9 Å². The minimum absolute atomic E-state index is 0.360. The highest BCUT2D eigenvalue weighted by Crippen LogP contribution is 2.42. The summed E-state index contributed by atoms with van der Waals surface area (Å²) < 4.78 is 5.27. The van der Waals surface area contributed by atoms with Crippen LogP contribution in [0.2, 0.25) is 0 Å². The average Bonchev–Trinajstić information content (AvgIpc) is 3.43. The second-order valence-corrected chi connectivity index (χ2v) is 10.8. The molecule has 5 rings (SSSR count). The lowest BCUT2D eigenvalue weighted by Crippen LogP contribution is -2.20. The number of nitrogens with zero attached hydrogens (tertiary/aromatic N) is 1. The maximum atomic E-state index is 12.5. The third kappa shape index (κ3) is 4.59. The first kappa shape index (κ1) is 21.9. The van der Waals surface area contributed by atoms with Crippen LogP contribution in [0.3, 0.4) is 0 Å². The number of ether oxygens (including phenoxy) is 1. The Kier molecular flexibility index (Phi) is 6.30. The molecule has 168 valence electrons. The molecule has 1 aromatic carbocycles. The van der Waals surface area contributed by atoms with Crippen LogP contribution in [-0.4, -0.2) is 18.5 Å². The number of fused-ring (bicyclic) bond motifs is 2. The van der Waals surface area contributed by atoms with Crippen molar-refractivity contribution < 1.29 is 14.3 Å². The van der Waals surface area contributed by atoms with E-state index in [1.165, 1.54) is 38.7 Å². The van der Waals surface area contributed by atoms with Crippen molar-refractivity contribution in [3.05, 3.63) is 73.3 Å². The highest BCUT2D eigenvalue weighted by molar-refractivity contribution is 7.16. The Morgan fingerprint density at radius 2 is 1.91 bits per heavy atom. The molecule has 2 aliphatic rings. The highest BCUT2D eigenvalue weighted by Gasteiger charge is 2.27. The molecule has 0 saturated carbocycles. The van der Waals surface area contributed by atoms with Gasteiger partial charge in [0.25, 0.3) is 5.91 Å². The van der Waals surface area contributed by atoms with E-state index in [9.17, 15) is 14.9 Å². The van der Waals surface area contributed by atoms with E-state index in [1.807, 2.05) is 12.1 Å². The maximum absolute atomic E-state index is 12.5. The molecule has 0 radical (unpaired) electrons. The van der Waals surface area contributed by atoms with E-state index in [-0.39, 0.29) is 6.61 Å². The Balaban J connectivity index is 1.23. The SMILES string of the molecule is N#Cc1c(NC(=O)COC(=O)c2cc3c(s2)CCCC3)sc2c1CCC(c1ccccc1)C2. The molecule has 1 N–H and O–H groups in total. The minimum atomic E-state index is -0.457. The Labute approximate surface area is 201 Å². The summed E-state index contributed by atoms with van der Waals surface area (Å²) in [5.41, 5.74) is 4.14. The number of amides is 1. The standard InChI is InChI=1S/C26H24N2O3S2/c27-14-20-19-11-10-17(16-6-2-1-3-7-16)12-22(19)33-25(20)28-24(29)15-31-26(30)23-13-18-8-4-5-9-21(18)32-23/h1-3,6-7,13,17H,4-5,8-12,15H2,(H,28,29). The van der Waals surface area contributed by atoms with Gasteiger partial charge < -0.3 is 10.1 Å². The van der Waals surface area contributed by atoms with E-state index in [0.29, 0.717) is 21.4 Å². The van der Waals surface area contributed by atoms with Crippen LogP contribution >= 0.6 is 22.7 Å². The molecule has 5 nitrogen and oxygen atoms in total. The third-order valence-electron chi connectivity index (χ3n) is 6.43. The van der Waals surface area contributed by atoms with Gasteiger partial charge in [-0.1, -0.05) is 30.3 Å². The largest absolute Gasteiger partial charge is 0.451 e. The zero-order valence-corrected chi connectivity index (χ0v) is 19.8. The Hall–Kier alpha value is -2.95. The van der Waals surface area contributed by atoms with E-state index >= 15 is 0 Å². The second-order valence-electron chi connectivity index (χ2n) is 8.56. The number of esters is 1. The van der Waals surface area contributed by atoms with Gasteiger partial charge in [-0.2, -0.15) is 5.26 Å². The molecular formula is C26H24N2O3S2. The number of hydrogen-bond acceptors (Lipinski definition) is 6. The molecule has 2 heterocycles. The molecule has 1 atom stereocenters. The Morgan fingerprint density at radius 1 is 1.09 bits per heavy atom.